The van der Waals surface area contributed by atoms with Gasteiger partial charge in [0.1, 0.15) is 0 Å². The Morgan fingerprint density at radius 1 is 1.25 bits per heavy atom. The fraction of sp³-hybridized carbons (Fsp3) is 1.00. The van der Waals surface area contributed by atoms with Crippen LogP contribution < -0.4 is 0 Å². The zero-order chi connectivity index (χ0) is 7.15. The summed E-state index contributed by atoms with van der Waals surface area (Å²) < 4.78 is 0. The standard InChI is InChI=1S/3CH3.NO3.Pt/c;;;2-1(3)4;/h3*1H3;;/q;;;2*-1. The van der Waals surface area contributed by atoms with E-state index < -0.39 is 5.09 Å². The number of hydrogen-bond acceptors (Lipinski definition) is 3. The molecule has 0 aliphatic rings. The molecular weight excluding hydrogens is 293 g/mol. The van der Waals surface area contributed by atoms with Gasteiger partial charge in [-0.2, -0.15) is 0 Å². The van der Waals surface area contributed by atoms with E-state index >= 15 is 0 Å². The van der Waals surface area contributed by atoms with Crippen molar-refractivity contribution < 1.29 is 22.4 Å². The molecule has 0 bridgehead atoms. The number of nitrogens with zero attached hydrogens (tertiary/aromatic N) is 1. The van der Waals surface area contributed by atoms with E-state index in [1.54, 1.807) is 0 Å². The van der Waals surface area contributed by atoms with Crippen molar-refractivity contribution in [3.63, 3.8) is 0 Å². The summed E-state index contributed by atoms with van der Waals surface area (Å²) in [4.78, 5) is 8.25. The summed E-state index contributed by atoms with van der Waals surface area (Å²) in [5.74, 6) is 0. The van der Waals surface area contributed by atoms with Crippen LogP contribution in [0.15, 0.2) is 0 Å². The van der Waals surface area contributed by atoms with Gasteiger partial charge in [0.05, 0.1) is 5.09 Å². The van der Waals surface area contributed by atoms with Gasteiger partial charge < -0.3 is 15.3 Å². The molecule has 0 atom stereocenters. The molecule has 56 valence electrons. The third-order valence-corrected chi connectivity index (χ3v) is 0. The monoisotopic (exact) mass is 302 g/mol. The van der Waals surface area contributed by atoms with Crippen molar-refractivity contribution in [3.8, 4) is 0 Å². The quantitative estimate of drug-likeness (QED) is 0.503. The Labute approximate surface area is 54.2 Å². The van der Waals surface area contributed by atoms with Gasteiger partial charge in [-0.3, -0.25) is 0 Å². The maximum atomic E-state index is 8.25. The van der Waals surface area contributed by atoms with E-state index in [4.69, 9.17) is 15.3 Å². The first-order chi connectivity index (χ1) is 3.46. The Morgan fingerprint density at radius 3 is 1.25 bits per heavy atom. The van der Waals surface area contributed by atoms with Crippen LogP contribution >= 0.6 is 0 Å². The van der Waals surface area contributed by atoms with Gasteiger partial charge in [-0.15, -0.1) is 0 Å². The predicted octanol–water partition coefficient (Wildman–Crippen LogP) is 1.51. The molecule has 0 fully saturated rings. The van der Waals surface area contributed by atoms with Crippen molar-refractivity contribution in [2.24, 2.45) is 0 Å². The second-order valence-electron chi connectivity index (χ2n) is 1.17. The molecule has 0 radical (unpaired) electrons. The summed E-state index contributed by atoms with van der Waals surface area (Å²) in [5, 5.41) is 21.7. The third-order valence-electron chi connectivity index (χ3n) is 0. The van der Waals surface area contributed by atoms with Crippen LogP contribution in [0.5, 0.6) is 0 Å². The molecule has 4 nitrogen and oxygen atoms in total. The molecule has 0 aromatic carbocycles. The average molecular weight is 302 g/mol. The van der Waals surface area contributed by atoms with E-state index in [0.717, 1.165) is 0 Å². The molecule has 0 saturated heterocycles. The molecule has 0 heterocycles. The maximum absolute atomic E-state index is 8.25. The summed E-state index contributed by atoms with van der Waals surface area (Å²) in [6, 6.07) is 0. The second-order valence-corrected chi connectivity index (χ2v) is 7.99. The molecule has 0 spiro atoms. The molecule has 0 aromatic heterocycles. The van der Waals surface area contributed by atoms with Crippen LogP contribution in [-0.2, 0) is 17.3 Å². The molecule has 0 amide bonds. The average Bonchev–Trinajstić information content (AvgIpc) is 1.25. The summed E-state index contributed by atoms with van der Waals surface area (Å²) >= 11 is -0.269. The summed E-state index contributed by atoms with van der Waals surface area (Å²) in [5.41, 5.74) is 0. The molecule has 0 rings (SSSR count). The summed E-state index contributed by atoms with van der Waals surface area (Å²) in [7, 11) is 0. The molecule has 5 heteroatoms. The Hall–Kier alpha value is -0.112. The van der Waals surface area contributed by atoms with Crippen LogP contribution in [0.3, 0.4) is 0 Å². The SMILES string of the molecule is O=[N+]([O-])[O-].[CH3][Pt-]([CH3])[CH3]. The van der Waals surface area contributed by atoms with Crippen molar-refractivity contribution in [3.05, 3.63) is 15.3 Å². The minimum absolute atomic E-state index is 0.269. The van der Waals surface area contributed by atoms with Gasteiger partial charge in [0.2, 0.25) is 0 Å². The van der Waals surface area contributed by atoms with Crippen LogP contribution in [-0.4, -0.2) is 5.09 Å². The number of rotatable bonds is 0. The van der Waals surface area contributed by atoms with Gasteiger partial charge >= 0.3 is 33.3 Å². The fourth-order valence-electron chi connectivity index (χ4n) is 0. The van der Waals surface area contributed by atoms with Gasteiger partial charge in [-0.25, -0.2) is 0 Å². The topological polar surface area (TPSA) is 66.2 Å². The first-order valence-corrected chi connectivity index (χ1v) is 8.31. The van der Waals surface area contributed by atoms with Crippen LogP contribution in [0, 0.1) is 15.3 Å². The Balaban J connectivity index is 0. The van der Waals surface area contributed by atoms with Crippen molar-refractivity contribution in [2.45, 2.75) is 15.9 Å². The van der Waals surface area contributed by atoms with Crippen molar-refractivity contribution >= 4 is 0 Å². The van der Waals surface area contributed by atoms with Gasteiger partial charge in [0.25, 0.3) is 0 Å². The van der Waals surface area contributed by atoms with E-state index in [1.165, 1.54) is 0 Å². The Morgan fingerprint density at radius 2 is 1.25 bits per heavy atom. The second kappa shape index (κ2) is 6.89. The van der Waals surface area contributed by atoms with Crippen molar-refractivity contribution in [1.82, 2.24) is 0 Å². The fourth-order valence-corrected chi connectivity index (χ4v) is 0. The van der Waals surface area contributed by atoms with Gasteiger partial charge in [-0.1, -0.05) is 0 Å². The zero-order valence-electron chi connectivity index (χ0n) is 4.99. The first kappa shape index (κ1) is 10.8. The summed E-state index contributed by atoms with van der Waals surface area (Å²) in [6.45, 7) is 0. The van der Waals surface area contributed by atoms with Crippen molar-refractivity contribution in [2.75, 3.05) is 0 Å². The molecule has 0 N–H and O–H groups in total. The van der Waals surface area contributed by atoms with E-state index in [-0.39, 0.29) is 17.3 Å². The predicted molar refractivity (Wildman–Crippen MR) is 28.0 cm³/mol. The van der Waals surface area contributed by atoms with Crippen LogP contribution in [0.25, 0.3) is 0 Å². The molecule has 0 aliphatic carbocycles. The summed E-state index contributed by atoms with van der Waals surface area (Å²) in [6.07, 6.45) is 0. The molecule has 8 heavy (non-hydrogen) atoms. The molecule has 0 aromatic rings. The van der Waals surface area contributed by atoms with Crippen LogP contribution in [0.1, 0.15) is 0 Å². The van der Waals surface area contributed by atoms with Crippen LogP contribution in [0.4, 0.5) is 0 Å². The van der Waals surface area contributed by atoms with Gasteiger partial charge in [-0.05, 0) is 0 Å². The van der Waals surface area contributed by atoms with Gasteiger partial charge in [0.15, 0.2) is 0 Å². The van der Waals surface area contributed by atoms with E-state index in [1.807, 2.05) is 0 Å². The molecule has 0 unspecified atom stereocenters. The Kier molecular flexibility index (Phi) is 9.30. The number of hydrogen-bond donors (Lipinski definition) is 0. The normalized spacial score (nSPS) is 8.62. The zero-order valence-corrected chi connectivity index (χ0v) is 7.26. The van der Waals surface area contributed by atoms with E-state index in [0.29, 0.717) is 0 Å². The third kappa shape index (κ3) is 11300. The molecule has 0 saturated carbocycles. The van der Waals surface area contributed by atoms with Crippen molar-refractivity contribution in [1.29, 1.82) is 0 Å². The van der Waals surface area contributed by atoms with Gasteiger partial charge in [0, 0.05) is 0 Å². The minimum atomic E-state index is -1.75. The Bertz CT molecular complexity index is 58.8. The van der Waals surface area contributed by atoms with E-state index in [2.05, 4.69) is 15.9 Å². The molecule has 0 aliphatic heterocycles. The van der Waals surface area contributed by atoms with Crippen LogP contribution in [0.2, 0.25) is 15.9 Å². The first-order valence-electron chi connectivity index (χ1n) is 1.50. The van der Waals surface area contributed by atoms with E-state index in [9.17, 15) is 0 Å². The molecular formula is C3H9NO3Pt-2.